The lowest BCUT2D eigenvalue weighted by molar-refractivity contribution is 0.0637. The van der Waals surface area contributed by atoms with E-state index in [1.165, 1.54) is 0 Å². The van der Waals surface area contributed by atoms with E-state index < -0.39 is 0 Å². The summed E-state index contributed by atoms with van der Waals surface area (Å²) in [6.45, 7) is 0.555. The number of methoxy groups -OCH3 is 1. The Labute approximate surface area is 153 Å². The number of hydrogen-bond acceptors (Lipinski definition) is 4. The molecule has 1 fully saturated rings. The molecule has 0 radical (unpaired) electrons. The molecular formula is C21H38O4. The van der Waals surface area contributed by atoms with Crippen molar-refractivity contribution in [1.82, 2.24) is 0 Å². The van der Waals surface area contributed by atoms with Gasteiger partial charge in [0.05, 0.1) is 12.2 Å². The molecule has 0 aromatic carbocycles. The summed E-state index contributed by atoms with van der Waals surface area (Å²) in [7, 11) is 1.74. The Morgan fingerprint density at radius 1 is 0.880 bits per heavy atom. The van der Waals surface area contributed by atoms with Crippen molar-refractivity contribution in [2.75, 3.05) is 20.3 Å². The smallest absolute Gasteiger partial charge is 0.0633 e. The minimum Gasteiger partial charge on any atom is -0.396 e. The van der Waals surface area contributed by atoms with Gasteiger partial charge in [0, 0.05) is 32.7 Å². The van der Waals surface area contributed by atoms with Crippen molar-refractivity contribution in [1.29, 1.82) is 0 Å². The summed E-state index contributed by atoms with van der Waals surface area (Å²) in [5, 5.41) is 28.0. The number of unbranched alkanes of at least 4 members (excludes halogenated alkanes) is 6. The van der Waals surface area contributed by atoms with E-state index in [4.69, 9.17) is 14.9 Å². The molecule has 1 aliphatic carbocycles. The Hall–Kier alpha value is -0.680. The molecule has 4 nitrogen and oxygen atoms in total. The van der Waals surface area contributed by atoms with E-state index in [1.54, 1.807) is 7.11 Å². The predicted molar refractivity (Wildman–Crippen MR) is 102 cm³/mol. The standard InChI is InChI=1S/C21H38O4/c1-25-21-17-20(24)18(13-9-5-2-3-7-11-15-22)19(21)14-10-6-4-8-12-16-23/h6,9-10,13,18-24H,2-5,7-8,11-12,14-17H2,1H3/b10-6-,13-9+/t18-,19?,20+,21+/m0/s1. The average Bonchev–Trinajstić information content (AvgIpc) is 2.92. The van der Waals surface area contributed by atoms with E-state index in [1.807, 2.05) is 0 Å². The zero-order valence-electron chi connectivity index (χ0n) is 15.9. The zero-order chi connectivity index (χ0) is 18.3. The molecule has 0 aromatic heterocycles. The SMILES string of the molecule is CO[C@@H]1C[C@@H](O)[C@@H](/C=C/CCCCCCO)C1C/C=C\CCCCO. The monoisotopic (exact) mass is 354 g/mol. The highest BCUT2D eigenvalue weighted by Crippen LogP contribution is 2.38. The van der Waals surface area contributed by atoms with Gasteiger partial charge in [-0.2, -0.15) is 0 Å². The van der Waals surface area contributed by atoms with Gasteiger partial charge < -0.3 is 20.1 Å². The van der Waals surface area contributed by atoms with Gasteiger partial charge in [0.2, 0.25) is 0 Å². The van der Waals surface area contributed by atoms with Gasteiger partial charge in [-0.1, -0.05) is 37.1 Å². The summed E-state index contributed by atoms with van der Waals surface area (Å²) in [6.07, 6.45) is 18.5. The normalized spacial score (nSPS) is 27.0. The fourth-order valence-electron chi connectivity index (χ4n) is 3.68. The Balaban J connectivity index is 2.41. The van der Waals surface area contributed by atoms with Crippen LogP contribution < -0.4 is 0 Å². The van der Waals surface area contributed by atoms with Crippen LogP contribution >= 0.6 is 0 Å². The van der Waals surface area contributed by atoms with Crippen LogP contribution in [0.1, 0.15) is 64.2 Å². The maximum absolute atomic E-state index is 10.4. The second-order valence-corrected chi connectivity index (χ2v) is 7.10. The Bertz CT molecular complexity index is 367. The van der Waals surface area contributed by atoms with Crippen LogP contribution in [0.3, 0.4) is 0 Å². The highest BCUT2D eigenvalue weighted by atomic mass is 16.5. The summed E-state index contributed by atoms with van der Waals surface area (Å²) in [6, 6.07) is 0. The molecule has 0 aromatic rings. The molecule has 1 unspecified atom stereocenters. The number of rotatable bonds is 14. The number of aliphatic hydroxyl groups is 3. The van der Waals surface area contributed by atoms with Gasteiger partial charge in [-0.25, -0.2) is 0 Å². The van der Waals surface area contributed by atoms with Gasteiger partial charge in [-0.05, 0) is 50.9 Å². The van der Waals surface area contributed by atoms with Crippen molar-refractivity contribution < 1.29 is 20.1 Å². The summed E-state index contributed by atoms with van der Waals surface area (Å²) in [5.74, 6) is 0.504. The van der Waals surface area contributed by atoms with Crippen LogP contribution in [0.2, 0.25) is 0 Å². The first-order valence-corrected chi connectivity index (χ1v) is 9.98. The molecule has 0 aliphatic heterocycles. The third kappa shape index (κ3) is 9.00. The highest BCUT2D eigenvalue weighted by Gasteiger charge is 2.40. The predicted octanol–water partition coefficient (Wildman–Crippen LogP) is 3.61. The van der Waals surface area contributed by atoms with Crippen molar-refractivity contribution >= 4 is 0 Å². The molecule has 4 heteroatoms. The van der Waals surface area contributed by atoms with Crippen LogP contribution in [0.4, 0.5) is 0 Å². The Morgan fingerprint density at radius 2 is 1.52 bits per heavy atom. The van der Waals surface area contributed by atoms with Crippen molar-refractivity contribution in [3.05, 3.63) is 24.3 Å². The lowest BCUT2D eigenvalue weighted by Crippen LogP contribution is -2.21. The minimum atomic E-state index is -0.316. The third-order valence-corrected chi connectivity index (χ3v) is 5.18. The van der Waals surface area contributed by atoms with E-state index >= 15 is 0 Å². The largest absolute Gasteiger partial charge is 0.396 e. The molecule has 1 aliphatic rings. The van der Waals surface area contributed by atoms with Crippen LogP contribution in [-0.2, 0) is 4.74 Å². The second kappa shape index (κ2) is 14.5. The van der Waals surface area contributed by atoms with Gasteiger partial charge in [-0.3, -0.25) is 0 Å². The van der Waals surface area contributed by atoms with Crippen LogP contribution in [0.15, 0.2) is 24.3 Å². The molecule has 0 spiro atoms. The van der Waals surface area contributed by atoms with Crippen LogP contribution in [0.5, 0.6) is 0 Å². The Kier molecular flexibility index (Phi) is 13.0. The molecule has 0 amide bonds. The maximum Gasteiger partial charge on any atom is 0.0633 e. The molecule has 3 N–H and O–H groups in total. The first-order chi connectivity index (χ1) is 12.2. The van der Waals surface area contributed by atoms with E-state index in [0.29, 0.717) is 12.3 Å². The van der Waals surface area contributed by atoms with E-state index in [2.05, 4.69) is 24.3 Å². The fraction of sp³-hybridized carbons (Fsp3) is 0.810. The minimum absolute atomic E-state index is 0.122. The summed E-state index contributed by atoms with van der Waals surface area (Å²) < 4.78 is 5.61. The molecule has 1 saturated carbocycles. The molecular weight excluding hydrogens is 316 g/mol. The molecule has 4 atom stereocenters. The lowest BCUT2D eigenvalue weighted by Gasteiger charge is -2.21. The van der Waals surface area contributed by atoms with Gasteiger partial charge in [0.1, 0.15) is 0 Å². The highest BCUT2D eigenvalue weighted by molar-refractivity contribution is 5.05. The quantitative estimate of drug-likeness (QED) is 0.329. The number of aliphatic hydroxyl groups excluding tert-OH is 3. The molecule has 0 heterocycles. The van der Waals surface area contributed by atoms with Gasteiger partial charge in [0.15, 0.2) is 0 Å². The zero-order valence-corrected chi connectivity index (χ0v) is 15.9. The van der Waals surface area contributed by atoms with Gasteiger partial charge in [-0.15, -0.1) is 0 Å². The first-order valence-electron chi connectivity index (χ1n) is 9.98. The van der Waals surface area contributed by atoms with Crippen molar-refractivity contribution in [3.63, 3.8) is 0 Å². The van der Waals surface area contributed by atoms with Gasteiger partial charge >= 0.3 is 0 Å². The number of ether oxygens (including phenoxy) is 1. The summed E-state index contributed by atoms with van der Waals surface area (Å²) in [5.41, 5.74) is 0. The van der Waals surface area contributed by atoms with Crippen molar-refractivity contribution in [3.8, 4) is 0 Å². The summed E-state index contributed by atoms with van der Waals surface area (Å²) >= 11 is 0. The second-order valence-electron chi connectivity index (χ2n) is 7.10. The molecule has 25 heavy (non-hydrogen) atoms. The maximum atomic E-state index is 10.4. The third-order valence-electron chi connectivity index (χ3n) is 5.18. The topological polar surface area (TPSA) is 69.9 Å². The lowest BCUT2D eigenvalue weighted by atomic mass is 9.89. The molecule has 1 rings (SSSR count). The first kappa shape index (κ1) is 22.4. The van der Waals surface area contributed by atoms with Gasteiger partial charge in [0.25, 0.3) is 0 Å². The van der Waals surface area contributed by atoms with E-state index in [9.17, 15) is 5.11 Å². The van der Waals surface area contributed by atoms with Crippen LogP contribution in [0, 0.1) is 11.8 Å². The number of allylic oxidation sites excluding steroid dienone is 3. The fourth-order valence-corrected chi connectivity index (χ4v) is 3.68. The molecule has 0 saturated heterocycles. The number of hydrogen-bond donors (Lipinski definition) is 3. The Morgan fingerprint density at radius 3 is 2.24 bits per heavy atom. The van der Waals surface area contributed by atoms with E-state index in [-0.39, 0.29) is 31.3 Å². The van der Waals surface area contributed by atoms with Crippen molar-refractivity contribution in [2.24, 2.45) is 11.8 Å². The summed E-state index contributed by atoms with van der Waals surface area (Å²) in [4.78, 5) is 0. The molecule has 0 bridgehead atoms. The van der Waals surface area contributed by atoms with Crippen molar-refractivity contribution in [2.45, 2.75) is 76.4 Å². The molecule has 146 valence electrons. The van der Waals surface area contributed by atoms with Crippen LogP contribution in [-0.4, -0.2) is 47.9 Å². The van der Waals surface area contributed by atoms with Crippen LogP contribution in [0.25, 0.3) is 0 Å². The average molecular weight is 355 g/mol. The van der Waals surface area contributed by atoms with E-state index in [0.717, 1.165) is 57.8 Å².